The van der Waals surface area contributed by atoms with Crippen molar-refractivity contribution in [1.29, 1.82) is 0 Å². The van der Waals surface area contributed by atoms with Crippen LogP contribution in [0.2, 0.25) is 0 Å². The van der Waals surface area contributed by atoms with Crippen LogP contribution in [0.3, 0.4) is 0 Å². The minimum atomic E-state index is -1.26. The van der Waals surface area contributed by atoms with Crippen LogP contribution >= 0.6 is 0 Å². The van der Waals surface area contributed by atoms with Crippen LogP contribution in [-0.2, 0) is 19.1 Å². The number of ether oxygens (including phenoxy) is 2. The molecule has 0 rings (SSSR count). The van der Waals surface area contributed by atoms with Crippen LogP contribution in [0.4, 0.5) is 0 Å². The molecule has 4 heteroatoms. The number of esters is 2. The molecule has 4 nitrogen and oxygen atoms in total. The topological polar surface area (TPSA) is 52.6 Å². The van der Waals surface area contributed by atoms with Gasteiger partial charge in [-0.1, -0.05) is 20.4 Å². The van der Waals surface area contributed by atoms with Crippen molar-refractivity contribution in [3.8, 4) is 0 Å². The zero-order chi connectivity index (χ0) is 12.8. The molecule has 92 valence electrons. The number of carbonyl (C=O) groups is 2. The highest BCUT2D eigenvalue weighted by atomic mass is 16.6. The first-order chi connectivity index (χ1) is 7.35. The molecular formula is C12H20O4. The summed E-state index contributed by atoms with van der Waals surface area (Å²) < 4.78 is 9.96. The van der Waals surface area contributed by atoms with Crippen LogP contribution in [0.1, 0.15) is 40.5 Å². The van der Waals surface area contributed by atoms with Crippen LogP contribution in [0.25, 0.3) is 0 Å². The fourth-order valence-corrected chi connectivity index (χ4v) is 0.858. The molecule has 0 saturated heterocycles. The molecule has 0 aromatic heterocycles. The van der Waals surface area contributed by atoms with Gasteiger partial charge in [-0.25, -0.2) is 9.59 Å². The SMILES string of the molecule is C=C(CC)C(=O)OC(C)(C)C(=O)OCCC. The van der Waals surface area contributed by atoms with Crippen molar-refractivity contribution in [1.82, 2.24) is 0 Å². The summed E-state index contributed by atoms with van der Waals surface area (Å²) in [5.41, 5.74) is -0.916. The van der Waals surface area contributed by atoms with E-state index in [1.54, 1.807) is 6.92 Å². The van der Waals surface area contributed by atoms with Crippen molar-refractivity contribution >= 4 is 11.9 Å². The highest BCUT2D eigenvalue weighted by Crippen LogP contribution is 2.15. The highest BCUT2D eigenvalue weighted by molar-refractivity contribution is 5.91. The maximum atomic E-state index is 11.5. The van der Waals surface area contributed by atoms with E-state index in [1.165, 1.54) is 13.8 Å². The van der Waals surface area contributed by atoms with E-state index in [4.69, 9.17) is 9.47 Å². The molecule has 0 fully saturated rings. The Morgan fingerprint density at radius 3 is 2.25 bits per heavy atom. The molecule has 0 heterocycles. The van der Waals surface area contributed by atoms with E-state index in [-0.39, 0.29) is 0 Å². The van der Waals surface area contributed by atoms with Gasteiger partial charge < -0.3 is 9.47 Å². The summed E-state index contributed by atoms with van der Waals surface area (Å²) in [5.74, 6) is -1.09. The summed E-state index contributed by atoms with van der Waals surface area (Å²) in [7, 11) is 0. The first-order valence-corrected chi connectivity index (χ1v) is 5.43. The zero-order valence-corrected chi connectivity index (χ0v) is 10.5. The lowest BCUT2D eigenvalue weighted by Crippen LogP contribution is -2.39. The Bertz CT molecular complexity index is 279. The van der Waals surface area contributed by atoms with Crippen molar-refractivity contribution in [2.45, 2.75) is 46.1 Å². The van der Waals surface area contributed by atoms with Crippen molar-refractivity contribution in [2.24, 2.45) is 0 Å². The van der Waals surface area contributed by atoms with E-state index >= 15 is 0 Å². The van der Waals surface area contributed by atoms with Gasteiger partial charge in [-0.15, -0.1) is 0 Å². The Labute approximate surface area is 96.6 Å². The Kier molecular flexibility index (Phi) is 5.78. The normalized spacial score (nSPS) is 10.8. The average Bonchev–Trinajstić information content (AvgIpc) is 2.23. The molecule has 0 amide bonds. The molecular weight excluding hydrogens is 208 g/mol. The van der Waals surface area contributed by atoms with E-state index in [0.29, 0.717) is 18.6 Å². The van der Waals surface area contributed by atoms with Gasteiger partial charge in [-0.2, -0.15) is 0 Å². The van der Waals surface area contributed by atoms with Crippen LogP contribution in [0.15, 0.2) is 12.2 Å². The highest BCUT2D eigenvalue weighted by Gasteiger charge is 2.34. The lowest BCUT2D eigenvalue weighted by molar-refractivity contribution is -0.176. The van der Waals surface area contributed by atoms with Crippen molar-refractivity contribution in [2.75, 3.05) is 6.61 Å². The summed E-state index contributed by atoms with van der Waals surface area (Å²) >= 11 is 0. The summed E-state index contributed by atoms with van der Waals surface area (Å²) in [5, 5.41) is 0. The molecule has 0 aliphatic carbocycles. The third-order valence-corrected chi connectivity index (χ3v) is 1.99. The molecule has 0 N–H and O–H groups in total. The molecule has 0 radical (unpaired) electrons. The van der Waals surface area contributed by atoms with Gasteiger partial charge in [-0.05, 0) is 26.7 Å². The number of hydrogen-bond donors (Lipinski definition) is 0. The molecule has 16 heavy (non-hydrogen) atoms. The predicted molar refractivity (Wildman–Crippen MR) is 60.9 cm³/mol. The van der Waals surface area contributed by atoms with Gasteiger partial charge in [-0.3, -0.25) is 0 Å². The molecule has 0 aromatic carbocycles. The van der Waals surface area contributed by atoms with Crippen LogP contribution in [0, 0.1) is 0 Å². The van der Waals surface area contributed by atoms with Gasteiger partial charge in [0.1, 0.15) is 0 Å². The van der Waals surface area contributed by atoms with E-state index in [1.807, 2.05) is 6.92 Å². The van der Waals surface area contributed by atoms with Crippen molar-refractivity contribution in [3.63, 3.8) is 0 Å². The third-order valence-electron chi connectivity index (χ3n) is 1.99. The average molecular weight is 228 g/mol. The minimum absolute atomic E-state index is 0.328. The van der Waals surface area contributed by atoms with Crippen molar-refractivity contribution in [3.05, 3.63) is 12.2 Å². The van der Waals surface area contributed by atoms with E-state index in [2.05, 4.69) is 6.58 Å². The maximum absolute atomic E-state index is 11.5. The molecule has 0 spiro atoms. The van der Waals surface area contributed by atoms with Crippen LogP contribution < -0.4 is 0 Å². The first kappa shape index (κ1) is 14.7. The lowest BCUT2D eigenvalue weighted by atomic mass is 10.1. The Morgan fingerprint density at radius 1 is 1.25 bits per heavy atom. The maximum Gasteiger partial charge on any atom is 0.350 e. The molecule has 0 saturated carbocycles. The van der Waals surface area contributed by atoms with Gasteiger partial charge >= 0.3 is 11.9 Å². The Morgan fingerprint density at radius 2 is 1.81 bits per heavy atom. The summed E-state index contributed by atoms with van der Waals surface area (Å²) in [6.45, 7) is 10.6. The second-order valence-electron chi connectivity index (χ2n) is 3.99. The van der Waals surface area contributed by atoms with Crippen LogP contribution in [-0.4, -0.2) is 24.1 Å². The van der Waals surface area contributed by atoms with Crippen molar-refractivity contribution < 1.29 is 19.1 Å². The second-order valence-corrected chi connectivity index (χ2v) is 3.99. The standard InChI is InChI=1S/C12H20O4/c1-6-8-15-11(14)12(4,5)16-10(13)9(3)7-2/h3,6-8H2,1-2,4-5H3. The number of rotatable bonds is 6. The zero-order valence-electron chi connectivity index (χ0n) is 10.5. The number of hydrogen-bond acceptors (Lipinski definition) is 4. The summed E-state index contributed by atoms with van der Waals surface area (Å²) in [6.07, 6.45) is 1.23. The molecule has 0 bridgehead atoms. The largest absolute Gasteiger partial charge is 0.463 e. The van der Waals surface area contributed by atoms with E-state index in [9.17, 15) is 9.59 Å². The molecule has 0 aliphatic heterocycles. The smallest absolute Gasteiger partial charge is 0.350 e. The summed E-state index contributed by atoms with van der Waals surface area (Å²) in [4.78, 5) is 23.0. The summed E-state index contributed by atoms with van der Waals surface area (Å²) in [6, 6.07) is 0. The second kappa shape index (κ2) is 6.30. The minimum Gasteiger partial charge on any atom is -0.463 e. The molecule has 0 aromatic rings. The monoisotopic (exact) mass is 228 g/mol. The van der Waals surface area contributed by atoms with E-state index < -0.39 is 17.5 Å². The van der Waals surface area contributed by atoms with Crippen LogP contribution in [0.5, 0.6) is 0 Å². The Hall–Kier alpha value is -1.32. The van der Waals surface area contributed by atoms with Gasteiger partial charge in [0.15, 0.2) is 0 Å². The predicted octanol–water partition coefficient (Wildman–Crippen LogP) is 2.23. The van der Waals surface area contributed by atoms with Gasteiger partial charge in [0.05, 0.1) is 6.61 Å². The third kappa shape index (κ3) is 4.47. The Balaban J connectivity index is 4.38. The van der Waals surface area contributed by atoms with Gasteiger partial charge in [0.25, 0.3) is 0 Å². The lowest BCUT2D eigenvalue weighted by Gasteiger charge is -2.23. The first-order valence-electron chi connectivity index (χ1n) is 5.43. The molecule has 0 aliphatic rings. The van der Waals surface area contributed by atoms with Gasteiger partial charge in [0.2, 0.25) is 5.60 Å². The quantitative estimate of drug-likeness (QED) is 0.516. The van der Waals surface area contributed by atoms with Gasteiger partial charge in [0, 0.05) is 5.57 Å². The molecule has 0 atom stereocenters. The fourth-order valence-electron chi connectivity index (χ4n) is 0.858. The molecule has 0 unspecified atom stereocenters. The number of carbonyl (C=O) groups excluding carboxylic acids is 2. The fraction of sp³-hybridized carbons (Fsp3) is 0.667. The van der Waals surface area contributed by atoms with E-state index in [0.717, 1.165) is 6.42 Å².